The smallest absolute Gasteiger partial charge is 0.222 e. The van der Waals surface area contributed by atoms with Gasteiger partial charge in [-0.1, -0.05) is 0 Å². The predicted molar refractivity (Wildman–Crippen MR) is 109 cm³/mol. The molecule has 2 heterocycles. The first kappa shape index (κ1) is 17.9. The maximum atomic E-state index is 4.47. The van der Waals surface area contributed by atoms with Crippen molar-refractivity contribution < 1.29 is 0 Å². The quantitative estimate of drug-likeness (QED) is 0.862. The van der Waals surface area contributed by atoms with Gasteiger partial charge in [-0.15, -0.1) is 0 Å². The van der Waals surface area contributed by atoms with Crippen LogP contribution in [0.15, 0.2) is 12.4 Å². The SMILES string of the molecule is CC(C)Nc1ncc(CN2CCN(C34CC5CC(CC(C5)C3)C4)CC2)cn1. The second-order valence-corrected chi connectivity index (χ2v) is 10.1. The molecule has 4 bridgehead atoms. The van der Waals surface area contributed by atoms with E-state index in [4.69, 9.17) is 0 Å². The summed E-state index contributed by atoms with van der Waals surface area (Å²) in [5.41, 5.74) is 1.81. The lowest BCUT2D eigenvalue weighted by molar-refractivity contribution is -0.101. The summed E-state index contributed by atoms with van der Waals surface area (Å²) >= 11 is 0. The summed E-state index contributed by atoms with van der Waals surface area (Å²) in [6, 6.07) is 0.369. The third-order valence-electron chi connectivity index (χ3n) is 7.58. The molecule has 0 atom stereocenters. The van der Waals surface area contributed by atoms with Gasteiger partial charge in [-0.3, -0.25) is 9.80 Å². The second kappa shape index (κ2) is 7.00. The fourth-order valence-electron chi connectivity index (χ4n) is 6.86. The van der Waals surface area contributed by atoms with Crippen LogP contribution in [0.25, 0.3) is 0 Å². The highest BCUT2D eigenvalue weighted by Crippen LogP contribution is 2.57. The number of piperazine rings is 1. The van der Waals surface area contributed by atoms with Gasteiger partial charge in [-0.05, 0) is 70.1 Å². The van der Waals surface area contributed by atoms with E-state index in [2.05, 4.69) is 38.9 Å². The zero-order valence-corrected chi connectivity index (χ0v) is 17.0. The van der Waals surface area contributed by atoms with Gasteiger partial charge in [0.1, 0.15) is 0 Å². The highest BCUT2D eigenvalue weighted by Gasteiger charge is 2.53. The molecule has 1 N–H and O–H groups in total. The average molecular weight is 370 g/mol. The molecule has 1 aromatic rings. The Hall–Kier alpha value is -1.20. The molecule has 0 unspecified atom stereocenters. The van der Waals surface area contributed by atoms with Crippen molar-refractivity contribution in [2.75, 3.05) is 31.5 Å². The van der Waals surface area contributed by atoms with E-state index in [0.717, 1.165) is 30.2 Å². The minimum absolute atomic E-state index is 0.369. The molecule has 6 rings (SSSR count). The van der Waals surface area contributed by atoms with Crippen LogP contribution >= 0.6 is 0 Å². The number of hydrogen-bond acceptors (Lipinski definition) is 5. The monoisotopic (exact) mass is 369 g/mol. The van der Waals surface area contributed by atoms with Crippen LogP contribution < -0.4 is 5.32 Å². The van der Waals surface area contributed by atoms with Crippen molar-refractivity contribution in [3.05, 3.63) is 18.0 Å². The van der Waals surface area contributed by atoms with Crippen LogP contribution in [-0.2, 0) is 6.54 Å². The largest absolute Gasteiger partial charge is 0.352 e. The van der Waals surface area contributed by atoms with Gasteiger partial charge in [0.25, 0.3) is 0 Å². The molecule has 5 fully saturated rings. The van der Waals surface area contributed by atoms with Crippen molar-refractivity contribution in [1.29, 1.82) is 0 Å². The Balaban J connectivity index is 1.16. The molecule has 4 aliphatic carbocycles. The molecule has 5 nitrogen and oxygen atoms in total. The molecular formula is C22H35N5. The third-order valence-corrected chi connectivity index (χ3v) is 7.58. The van der Waals surface area contributed by atoms with Crippen molar-refractivity contribution in [1.82, 2.24) is 19.8 Å². The minimum atomic E-state index is 0.369. The Morgan fingerprint density at radius 2 is 1.52 bits per heavy atom. The number of rotatable bonds is 5. The number of hydrogen-bond donors (Lipinski definition) is 1. The van der Waals surface area contributed by atoms with Gasteiger partial charge in [0.2, 0.25) is 5.95 Å². The van der Waals surface area contributed by atoms with Crippen LogP contribution in [-0.4, -0.2) is 57.5 Å². The Morgan fingerprint density at radius 1 is 0.963 bits per heavy atom. The summed E-state index contributed by atoms with van der Waals surface area (Å²) in [6.07, 6.45) is 13.1. The Bertz CT molecular complexity index is 612. The van der Waals surface area contributed by atoms with E-state index in [-0.39, 0.29) is 0 Å². The summed E-state index contributed by atoms with van der Waals surface area (Å²) in [6.45, 7) is 10.1. The van der Waals surface area contributed by atoms with Gasteiger partial charge in [0.15, 0.2) is 0 Å². The normalized spacial score (nSPS) is 36.5. The van der Waals surface area contributed by atoms with Crippen LogP contribution in [0, 0.1) is 17.8 Å². The molecule has 5 aliphatic rings. The van der Waals surface area contributed by atoms with Crippen molar-refractivity contribution in [3.63, 3.8) is 0 Å². The molecule has 5 heteroatoms. The standard InChI is InChI=1S/C22H35N5/c1-16(2)25-21-23-13-20(14-24-21)15-26-3-5-27(6-4-26)22-10-17-7-18(11-22)9-19(8-17)12-22/h13-14,16-19H,3-12,15H2,1-2H3,(H,23,24,25). The van der Waals surface area contributed by atoms with Crippen LogP contribution in [0.4, 0.5) is 5.95 Å². The van der Waals surface area contributed by atoms with Crippen molar-refractivity contribution >= 4 is 5.95 Å². The maximum absolute atomic E-state index is 4.47. The van der Waals surface area contributed by atoms with Crippen molar-refractivity contribution in [3.8, 4) is 0 Å². The van der Waals surface area contributed by atoms with E-state index in [0.29, 0.717) is 11.6 Å². The molecule has 0 aromatic carbocycles. The Labute approximate surface area is 163 Å². The fraction of sp³-hybridized carbons (Fsp3) is 0.818. The molecule has 0 amide bonds. The average Bonchev–Trinajstić information content (AvgIpc) is 2.62. The fourth-order valence-corrected chi connectivity index (χ4v) is 6.86. The highest BCUT2D eigenvalue weighted by molar-refractivity contribution is 5.25. The van der Waals surface area contributed by atoms with Crippen molar-refractivity contribution in [2.45, 2.75) is 70.5 Å². The first-order valence-corrected chi connectivity index (χ1v) is 11.1. The molecule has 1 aromatic heterocycles. The lowest BCUT2D eigenvalue weighted by atomic mass is 9.52. The van der Waals surface area contributed by atoms with E-state index < -0.39 is 0 Å². The number of nitrogens with one attached hydrogen (secondary N) is 1. The lowest BCUT2D eigenvalue weighted by Gasteiger charge is -2.61. The van der Waals surface area contributed by atoms with Gasteiger partial charge in [-0.2, -0.15) is 0 Å². The molecule has 1 aliphatic heterocycles. The van der Waals surface area contributed by atoms with Crippen molar-refractivity contribution in [2.24, 2.45) is 17.8 Å². The third kappa shape index (κ3) is 3.61. The van der Waals surface area contributed by atoms with E-state index in [1.807, 2.05) is 12.4 Å². The molecule has 27 heavy (non-hydrogen) atoms. The topological polar surface area (TPSA) is 44.3 Å². The van der Waals surface area contributed by atoms with Crippen LogP contribution in [0.1, 0.15) is 57.9 Å². The van der Waals surface area contributed by atoms with Gasteiger partial charge < -0.3 is 5.32 Å². The van der Waals surface area contributed by atoms with Crippen LogP contribution in [0.3, 0.4) is 0 Å². The number of aromatic nitrogens is 2. The highest BCUT2D eigenvalue weighted by atomic mass is 15.3. The van der Waals surface area contributed by atoms with E-state index in [1.165, 1.54) is 51.0 Å². The second-order valence-electron chi connectivity index (χ2n) is 10.1. The zero-order valence-electron chi connectivity index (χ0n) is 17.0. The Morgan fingerprint density at radius 3 is 2.04 bits per heavy atom. The summed E-state index contributed by atoms with van der Waals surface area (Å²) in [7, 11) is 0. The minimum Gasteiger partial charge on any atom is -0.352 e. The van der Waals surface area contributed by atoms with E-state index in [9.17, 15) is 0 Å². The molecule has 148 valence electrons. The summed E-state index contributed by atoms with van der Waals surface area (Å²) in [4.78, 5) is 14.4. The number of nitrogens with zero attached hydrogens (tertiary/aromatic N) is 4. The van der Waals surface area contributed by atoms with Crippen LogP contribution in [0.5, 0.6) is 0 Å². The van der Waals surface area contributed by atoms with Crippen LogP contribution in [0.2, 0.25) is 0 Å². The van der Waals surface area contributed by atoms with E-state index >= 15 is 0 Å². The molecule has 1 saturated heterocycles. The van der Waals surface area contributed by atoms with Gasteiger partial charge in [0.05, 0.1) is 0 Å². The first-order valence-electron chi connectivity index (χ1n) is 11.1. The molecule has 0 spiro atoms. The predicted octanol–water partition coefficient (Wildman–Crippen LogP) is 3.38. The van der Waals surface area contributed by atoms with Gasteiger partial charge >= 0.3 is 0 Å². The first-order chi connectivity index (χ1) is 13.1. The summed E-state index contributed by atoms with van der Waals surface area (Å²) < 4.78 is 0. The zero-order chi connectivity index (χ0) is 18.4. The lowest BCUT2D eigenvalue weighted by Crippen LogP contribution is -2.63. The van der Waals surface area contributed by atoms with Gasteiger partial charge in [-0.25, -0.2) is 9.97 Å². The van der Waals surface area contributed by atoms with E-state index in [1.54, 1.807) is 19.3 Å². The molecular weight excluding hydrogens is 334 g/mol. The number of anilines is 1. The summed E-state index contributed by atoms with van der Waals surface area (Å²) in [5, 5.41) is 3.26. The summed E-state index contributed by atoms with van der Waals surface area (Å²) in [5.74, 6) is 3.87. The van der Waals surface area contributed by atoms with Gasteiger partial charge in [0, 0.05) is 62.3 Å². The Kier molecular flexibility index (Phi) is 4.63. The molecule has 0 radical (unpaired) electrons. The molecule has 4 saturated carbocycles. The maximum Gasteiger partial charge on any atom is 0.222 e.